The number of nitrogens with zero attached hydrogens (tertiary/aromatic N) is 3. The Bertz CT molecular complexity index is 281. The van der Waals surface area contributed by atoms with Crippen LogP contribution in [0.15, 0.2) is 18.7 Å². The summed E-state index contributed by atoms with van der Waals surface area (Å²) in [6.07, 6.45) is 7.02. The average molecular weight is 178 g/mol. The number of hydrogen-bond donors (Lipinski definition) is 1. The second-order valence-corrected chi connectivity index (χ2v) is 3.43. The highest BCUT2D eigenvalue weighted by Gasteiger charge is 2.15. The zero-order valence-corrected chi connectivity index (χ0v) is 7.77. The minimum Gasteiger partial charge on any atom is -0.337 e. The molecule has 1 rings (SSSR count). The minimum absolute atomic E-state index is 0.694. The van der Waals surface area contributed by atoms with Crippen LogP contribution in [-0.2, 0) is 6.54 Å². The number of rotatable bonds is 4. The van der Waals surface area contributed by atoms with E-state index in [1.807, 2.05) is 10.8 Å². The van der Waals surface area contributed by atoms with Crippen molar-refractivity contribution >= 4 is 0 Å². The molecule has 1 atom stereocenters. The fourth-order valence-electron chi connectivity index (χ4n) is 1.10. The molecule has 1 aromatic heterocycles. The lowest BCUT2D eigenvalue weighted by Crippen LogP contribution is -2.34. The number of aryl methyl sites for hydroxylation is 1. The fraction of sp³-hybridized carbons (Fsp3) is 0.556. The molecule has 0 bridgehead atoms. The molecule has 0 saturated heterocycles. The summed E-state index contributed by atoms with van der Waals surface area (Å²) >= 11 is 0. The molecule has 0 aromatic carbocycles. The highest BCUT2D eigenvalue weighted by atomic mass is 15.0. The lowest BCUT2D eigenvalue weighted by molar-refractivity contribution is 0.488. The van der Waals surface area contributed by atoms with Gasteiger partial charge in [-0.1, -0.05) is 0 Å². The maximum absolute atomic E-state index is 8.66. The first-order chi connectivity index (χ1) is 6.14. The topological polar surface area (TPSA) is 67.6 Å². The molecule has 0 fully saturated rings. The van der Waals surface area contributed by atoms with Gasteiger partial charge in [-0.15, -0.1) is 0 Å². The Labute approximate surface area is 78.0 Å². The zero-order chi connectivity index (χ0) is 9.73. The second-order valence-electron chi connectivity index (χ2n) is 3.43. The number of aromatic nitrogens is 2. The van der Waals surface area contributed by atoms with Crippen LogP contribution in [0, 0.1) is 11.3 Å². The third-order valence-corrected chi connectivity index (χ3v) is 1.93. The van der Waals surface area contributed by atoms with Gasteiger partial charge in [-0.25, -0.2) is 4.98 Å². The Balaban J connectivity index is 2.26. The maximum atomic E-state index is 8.66. The molecule has 1 unspecified atom stereocenters. The molecule has 2 N–H and O–H groups in total. The van der Waals surface area contributed by atoms with E-state index in [0.29, 0.717) is 6.42 Å². The van der Waals surface area contributed by atoms with Crippen LogP contribution < -0.4 is 5.73 Å². The van der Waals surface area contributed by atoms with Gasteiger partial charge in [0.15, 0.2) is 0 Å². The molecule has 1 heterocycles. The summed E-state index contributed by atoms with van der Waals surface area (Å²) in [7, 11) is 0. The predicted molar refractivity (Wildman–Crippen MR) is 49.7 cm³/mol. The largest absolute Gasteiger partial charge is 0.337 e. The van der Waals surface area contributed by atoms with Crippen LogP contribution in [0.3, 0.4) is 0 Å². The summed E-state index contributed by atoms with van der Waals surface area (Å²) in [5.74, 6) is 0. The Morgan fingerprint density at radius 1 is 1.69 bits per heavy atom. The molecular formula is C9H14N4. The normalized spacial score (nSPS) is 14.8. The number of nitriles is 1. The van der Waals surface area contributed by atoms with E-state index >= 15 is 0 Å². The third-order valence-electron chi connectivity index (χ3n) is 1.93. The minimum atomic E-state index is -0.694. The van der Waals surface area contributed by atoms with E-state index in [0.717, 1.165) is 13.0 Å². The Hall–Kier alpha value is -1.34. The van der Waals surface area contributed by atoms with Gasteiger partial charge in [0.05, 0.1) is 12.4 Å². The smallest absolute Gasteiger partial charge is 0.101 e. The van der Waals surface area contributed by atoms with E-state index in [1.165, 1.54) is 0 Å². The first-order valence-electron chi connectivity index (χ1n) is 4.30. The molecule has 13 heavy (non-hydrogen) atoms. The van der Waals surface area contributed by atoms with Gasteiger partial charge < -0.3 is 10.3 Å². The monoisotopic (exact) mass is 178 g/mol. The molecule has 0 amide bonds. The predicted octanol–water partition coefficient (Wildman–Crippen LogP) is 0.904. The van der Waals surface area contributed by atoms with Crippen LogP contribution in [-0.4, -0.2) is 15.1 Å². The van der Waals surface area contributed by atoms with E-state index in [4.69, 9.17) is 11.0 Å². The van der Waals surface area contributed by atoms with Crippen LogP contribution in [0.1, 0.15) is 19.8 Å². The zero-order valence-electron chi connectivity index (χ0n) is 7.77. The summed E-state index contributed by atoms with van der Waals surface area (Å²) in [6.45, 7) is 2.62. The van der Waals surface area contributed by atoms with Crippen molar-refractivity contribution in [3.63, 3.8) is 0 Å². The van der Waals surface area contributed by atoms with E-state index < -0.39 is 5.54 Å². The van der Waals surface area contributed by atoms with Gasteiger partial charge in [0.1, 0.15) is 5.54 Å². The summed E-state index contributed by atoms with van der Waals surface area (Å²) in [4.78, 5) is 3.92. The summed E-state index contributed by atoms with van der Waals surface area (Å²) in [5.41, 5.74) is 4.98. The van der Waals surface area contributed by atoms with Gasteiger partial charge in [-0.3, -0.25) is 0 Å². The maximum Gasteiger partial charge on any atom is 0.101 e. The Morgan fingerprint density at radius 2 is 2.46 bits per heavy atom. The van der Waals surface area contributed by atoms with Crippen molar-refractivity contribution in [3.05, 3.63) is 18.7 Å². The molecule has 1 aromatic rings. The van der Waals surface area contributed by atoms with Crippen molar-refractivity contribution in [2.45, 2.75) is 31.8 Å². The van der Waals surface area contributed by atoms with Crippen molar-refractivity contribution in [2.24, 2.45) is 5.73 Å². The molecule has 0 aliphatic rings. The lowest BCUT2D eigenvalue weighted by atomic mass is 9.99. The van der Waals surface area contributed by atoms with Crippen LogP contribution in [0.5, 0.6) is 0 Å². The fourth-order valence-corrected chi connectivity index (χ4v) is 1.10. The van der Waals surface area contributed by atoms with Gasteiger partial charge in [0.25, 0.3) is 0 Å². The molecule has 0 saturated carbocycles. The van der Waals surface area contributed by atoms with Gasteiger partial charge in [-0.2, -0.15) is 5.26 Å². The Morgan fingerprint density at radius 3 is 3.00 bits per heavy atom. The van der Waals surface area contributed by atoms with Crippen LogP contribution in [0.2, 0.25) is 0 Å². The van der Waals surface area contributed by atoms with Crippen LogP contribution in [0.4, 0.5) is 0 Å². The molecule has 4 nitrogen and oxygen atoms in total. The first kappa shape index (κ1) is 9.75. The number of hydrogen-bond acceptors (Lipinski definition) is 3. The Kier molecular flexibility index (Phi) is 3.04. The van der Waals surface area contributed by atoms with Crippen molar-refractivity contribution < 1.29 is 0 Å². The van der Waals surface area contributed by atoms with E-state index in [1.54, 1.807) is 19.4 Å². The molecule has 0 aliphatic heterocycles. The van der Waals surface area contributed by atoms with Crippen LogP contribution >= 0.6 is 0 Å². The summed E-state index contributed by atoms with van der Waals surface area (Å²) < 4.78 is 1.98. The summed E-state index contributed by atoms with van der Waals surface area (Å²) in [6, 6.07) is 2.07. The molecule has 70 valence electrons. The molecule has 0 spiro atoms. The quantitative estimate of drug-likeness (QED) is 0.745. The van der Waals surface area contributed by atoms with Gasteiger partial charge >= 0.3 is 0 Å². The molecule has 0 aliphatic carbocycles. The van der Waals surface area contributed by atoms with Gasteiger partial charge in [0, 0.05) is 18.9 Å². The van der Waals surface area contributed by atoms with Crippen LogP contribution in [0.25, 0.3) is 0 Å². The van der Waals surface area contributed by atoms with E-state index in [-0.39, 0.29) is 0 Å². The van der Waals surface area contributed by atoms with Crippen molar-refractivity contribution in [1.82, 2.24) is 9.55 Å². The van der Waals surface area contributed by atoms with E-state index in [9.17, 15) is 0 Å². The van der Waals surface area contributed by atoms with Crippen molar-refractivity contribution in [3.8, 4) is 6.07 Å². The molecule has 4 heteroatoms. The first-order valence-corrected chi connectivity index (χ1v) is 4.30. The second kappa shape index (κ2) is 4.06. The van der Waals surface area contributed by atoms with E-state index in [2.05, 4.69) is 11.1 Å². The van der Waals surface area contributed by atoms with Gasteiger partial charge in [-0.05, 0) is 19.8 Å². The van der Waals surface area contributed by atoms with Crippen molar-refractivity contribution in [1.29, 1.82) is 5.26 Å². The summed E-state index contributed by atoms with van der Waals surface area (Å²) in [5, 5.41) is 8.66. The van der Waals surface area contributed by atoms with Gasteiger partial charge in [0.2, 0.25) is 0 Å². The van der Waals surface area contributed by atoms with Crippen molar-refractivity contribution in [2.75, 3.05) is 0 Å². The number of nitrogens with two attached hydrogens (primary N) is 1. The highest BCUT2D eigenvalue weighted by Crippen LogP contribution is 2.07. The third kappa shape index (κ3) is 3.26. The highest BCUT2D eigenvalue weighted by molar-refractivity contribution is 5.00. The standard InChI is InChI=1S/C9H14N4/c1-9(11,7-10)3-2-5-13-6-4-12-8-13/h4,6,8H,2-3,5,11H2,1H3. The average Bonchev–Trinajstić information content (AvgIpc) is 2.57. The molecular weight excluding hydrogens is 164 g/mol. The SMILES string of the molecule is CC(N)(C#N)CCCn1ccnc1. The molecule has 0 radical (unpaired) electrons. The lowest BCUT2D eigenvalue weighted by Gasteiger charge is -2.14. The number of imidazole rings is 1.